The van der Waals surface area contributed by atoms with Gasteiger partial charge in [-0.3, -0.25) is 14.4 Å². The van der Waals surface area contributed by atoms with Gasteiger partial charge in [0.05, 0.1) is 6.54 Å². The third-order valence-corrected chi connectivity index (χ3v) is 1.19. The van der Waals surface area contributed by atoms with E-state index in [1.165, 1.54) is 0 Å². The van der Waals surface area contributed by atoms with Gasteiger partial charge in [-0.05, 0) is 6.42 Å². The van der Waals surface area contributed by atoms with Crippen LogP contribution in [0.15, 0.2) is 0 Å². The highest BCUT2D eigenvalue weighted by Gasteiger charge is 2.12. The summed E-state index contributed by atoms with van der Waals surface area (Å²) in [4.78, 5) is 29.3. The van der Waals surface area contributed by atoms with Crippen molar-refractivity contribution in [3.05, 3.63) is 0 Å². The lowest BCUT2D eigenvalue weighted by atomic mass is 10.2. The van der Waals surface area contributed by atoms with E-state index in [0.29, 0.717) is 0 Å². The summed E-state index contributed by atoms with van der Waals surface area (Å²) in [6.45, 7) is -0.0556. The van der Waals surface area contributed by atoms with Crippen LogP contribution in [0.4, 0.5) is 0 Å². The minimum absolute atomic E-state index is 0.0231. The van der Waals surface area contributed by atoms with Gasteiger partial charge in [-0.2, -0.15) is 0 Å². The maximum atomic E-state index is 9.99. The molecule has 0 radical (unpaired) electrons. The number of rotatable bonds is 5. The average molecular weight is 221 g/mol. The fourth-order valence-corrected chi connectivity index (χ4v) is 0.402. The molecule has 1 unspecified atom stereocenters. The predicted molar refractivity (Wildman–Crippen MR) is 50.7 cm³/mol. The molecule has 0 heterocycles. The second-order valence-electron chi connectivity index (χ2n) is 2.55. The molecule has 0 saturated carbocycles. The van der Waals surface area contributed by atoms with E-state index in [4.69, 9.17) is 21.7 Å². The summed E-state index contributed by atoms with van der Waals surface area (Å²) in [6.07, 6.45) is -0.224. The summed E-state index contributed by atoms with van der Waals surface area (Å²) < 4.78 is 0. The van der Waals surface area contributed by atoms with Crippen LogP contribution in [0.5, 0.6) is 0 Å². The van der Waals surface area contributed by atoms with Crippen molar-refractivity contribution >= 4 is 17.8 Å². The lowest BCUT2D eigenvalue weighted by Crippen LogP contribution is -2.30. The number of carbonyl (C=O) groups excluding carboxylic acids is 1. The maximum Gasteiger partial charge on any atom is 0.320 e. The fraction of sp³-hybridized carbons (Fsp3) is 0.571. The van der Waals surface area contributed by atoms with E-state index >= 15 is 0 Å². The minimum Gasteiger partial charge on any atom is -0.481 e. The summed E-state index contributed by atoms with van der Waals surface area (Å²) in [6, 6.07) is -1.06. The van der Waals surface area contributed by atoms with Crippen LogP contribution in [0.3, 0.4) is 0 Å². The molecule has 88 valence electrons. The fourth-order valence-electron chi connectivity index (χ4n) is 0.402. The topological polar surface area (TPSA) is 170 Å². The first-order chi connectivity index (χ1) is 6.81. The number of carboxylic acid groups (broad SMARTS) is 2. The van der Waals surface area contributed by atoms with Gasteiger partial charge in [0.25, 0.3) is 0 Å². The van der Waals surface area contributed by atoms with E-state index in [1.807, 2.05) is 0 Å². The number of nitrogens with two attached hydrogens (primary N) is 3. The van der Waals surface area contributed by atoms with Crippen molar-refractivity contribution in [2.45, 2.75) is 18.9 Å². The Balaban J connectivity index is 0. The Morgan fingerprint density at radius 3 is 1.80 bits per heavy atom. The van der Waals surface area contributed by atoms with Gasteiger partial charge < -0.3 is 27.4 Å². The first-order valence-electron chi connectivity index (χ1n) is 3.99. The quantitative estimate of drug-likeness (QED) is 0.347. The third-order valence-electron chi connectivity index (χ3n) is 1.19. The van der Waals surface area contributed by atoms with Crippen molar-refractivity contribution in [1.29, 1.82) is 0 Å². The number of hydrogen-bond acceptors (Lipinski definition) is 5. The molecule has 1 amide bonds. The molecule has 0 bridgehead atoms. The Morgan fingerprint density at radius 1 is 1.20 bits per heavy atom. The lowest BCUT2D eigenvalue weighted by Gasteiger charge is -2.01. The normalized spacial score (nSPS) is 10.8. The molecule has 0 aliphatic rings. The first kappa shape index (κ1) is 15.8. The van der Waals surface area contributed by atoms with Crippen LogP contribution in [0, 0.1) is 0 Å². The summed E-state index contributed by atoms with van der Waals surface area (Å²) in [7, 11) is 0. The minimum atomic E-state index is -1.17. The monoisotopic (exact) mass is 221 g/mol. The van der Waals surface area contributed by atoms with Crippen molar-refractivity contribution in [2.75, 3.05) is 6.54 Å². The van der Waals surface area contributed by atoms with Crippen LogP contribution in [0.25, 0.3) is 0 Å². The van der Waals surface area contributed by atoms with Crippen molar-refractivity contribution < 1.29 is 24.6 Å². The number of carbonyl (C=O) groups is 3. The van der Waals surface area contributed by atoms with Crippen molar-refractivity contribution in [3.8, 4) is 0 Å². The number of primary amides is 1. The molecule has 15 heavy (non-hydrogen) atoms. The van der Waals surface area contributed by atoms with Crippen LogP contribution in [-0.2, 0) is 14.4 Å². The first-order valence-corrected chi connectivity index (χ1v) is 3.99. The highest BCUT2D eigenvalue weighted by molar-refractivity contribution is 5.75. The van der Waals surface area contributed by atoms with Gasteiger partial charge in [0, 0.05) is 6.42 Å². The van der Waals surface area contributed by atoms with Gasteiger partial charge in [0.15, 0.2) is 0 Å². The zero-order valence-electron chi connectivity index (χ0n) is 8.05. The highest BCUT2D eigenvalue weighted by Crippen LogP contribution is 1.93. The molecule has 8 nitrogen and oxygen atoms in total. The number of carboxylic acids is 2. The van der Waals surface area contributed by atoms with Gasteiger partial charge in [0.1, 0.15) is 6.04 Å². The van der Waals surface area contributed by atoms with E-state index in [1.54, 1.807) is 0 Å². The van der Waals surface area contributed by atoms with Crippen LogP contribution in [-0.4, -0.2) is 40.6 Å². The van der Waals surface area contributed by atoms with E-state index in [2.05, 4.69) is 5.73 Å². The molecule has 0 rings (SSSR count). The zero-order chi connectivity index (χ0) is 12.4. The van der Waals surface area contributed by atoms with E-state index in [9.17, 15) is 14.4 Å². The number of amides is 1. The summed E-state index contributed by atoms with van der Waals surface area (Å²) in [5, 5.41) is 16.3. The summed E-state index contributed by atoms with van der Waals surface area (Å²) in [5.41, 5.74) is 14.2. The van der Waals surface area contributed by atoms with Crippen LogP contribution in [0.1, 0.15) is 12.8 Å². The molecule has 8 N–H and O–H groups in total. The van der Waals surface area contributed by atoms with E-state index < -0.39 is 23.9 Å². The maximum absolute atomic E-state index is 9.99. The van der Waals surface area contributed by atoms with Gasteiger partial charge in [-0.15, -0.1) is 0 Å². The molecular weight excluding hydrogens is 206 g/mol. The molecule has 1 atom stereocenters. The lowest BCUT2D eigenvalue weighted by molar-refractivity contribution is -0.139. The Morgan fingerprint density at radius 2 is 1.60 bits per heavy atom. The molecule has 0 spiro atoms. The van der Waals surface area contributed by atoms with Crippen molar-refractivity contribution in [1.82, 2.24) is 0 Å². The Hall–Kier alpha value is -1.67. The summed E-state index contributed by atoms with van der Waals surface area (Å²) in [5.74, 6) is -2.66. The van der Waals surface area contributed by atoms with Gasteiger partial charge in [-0.25, -0.2) is 0 Å². The van der Waals surface area contributed by atoms with Crippen LogP contribution >= 0.6 is 0 Å². The molecule has 0 aromatic carbocycles. The van der Waals surface area contributed by atoms with Crippen molar-refractivity contribution in [3.63, 3.8) is 0 Å². The zero-order valence-corrected chi connectivity index (χ0v) is 8.05. The molecule has 0 aromatic rings. The van der Waals surface area contributed by atoms with Gasteiger partial charge >= 0.3 is 11.9 Å². The molecule has 0 saturated heterocycles. The van der Waals surface area contributed by atoms with Crippen LogP contribution < -0.4 is 17.2 Å². The highest BCUT2D eigenvalue weighted by atomic mass is 16.4. The third kappa shape index (κ3) is 15.1. The Bertz CT molecular complexity index is 231. The summed E-state index contributed by atoms with van der Waals surface area (Å²) >= 11 is 0. The Labute approximate surface area is 86.0 Å². The van der Waals surface area contributed by atoms with Gasteiger partial charge in [-0.1, -0.05) is 0 Å². The standard InChI is InChI=1S/C5H9NO4.C2H6N2O/c6-3(5(9)10)1-2-4(7)8;3-1-2(4)5/h3H,1-2,6H2,(H,7,8)(H,9,10);1,3H2,(H2,4,5). The van der Waals surface area contributed by atoms with E-state index in [0.717, 1.165) is 0 Å². The SMILES string of the molecule is NC(CCC(=O)O)C(=O)O.NCC(N)=O. The number of hydrogen-bond donors (Lipinski definition) is 5. The average Bonchev–Trinajstić information content (AvgIpc) is 2.14. The predicted octanol–water partition coefficient (Wildman–Crippen LogP) is -2.31. The largest absolute Gasteiger partial charge is 0.481 e. The molecular formula is C7H15N3O5. The van der Waals surface area contributed by atoms with Crippen molar-refractivity contribution in [2.24, 2.45) is 17.2 Å². The Kier molecular flexibility index (Phi) is 9.37. The molecule has 0 aliphatic carbocycles. The molecule has 8 heteroatoms. The smallest absolute Gasteiger partial charge is 0.320 e. The second kappa shape index (κ2) is 8.91. The van der Waals surface area contributed by atoms with Gasteiger partial charge in [0.2, 0.25) is 5.91 Å². The number of aliphatic carboxylic acids is 2. The second-order valence-corrected chi connectivity index (χ2v) is 2.55. The van der Waals surface area contributed by atoms with E-state index in [-0.39, 0.29) is 19.4 Å². The molecule has 0 fully saturated rings. The molecule has 0 aromatic heterocycles. The molecule has 0 aliphatic heterocycles. The van der Waals surface area contributed by atoms with Crippen LogP contribution in [0.2, 0.25) is 0 Å².